The number of rotatable bonds is 2. The van der Waals surface area contributed by atoms with Gasteiger partial charge in [-0.1, -0.05) is 11.6 Å². The van der Waals surface area contributed by atoms with Crippen LogP contribution >= 0.6 is 0 Å². The minimum Gasteiger partial charge on any atom is -0.464 e. The first kappa shape index (κ1) is 8.32. The molecule has 13 heavy (non-hydrogen) atoms. The van der Waals surface area contributed by atoms with Crippen molar-refractivity contribution in [2.45, 2.75) is 13.5 Å². The van der Waals surface area contributed by atoms with Crippen LogP contribution in [0.15, 0.2) is 28.9 Å². The third-order valence-corrected chi connectivity index (χ3v) is 2.18. The van der Waals surface area contributed by atoms with E-state index >= 15 is 0 Å². The van der Waals surface area contributed by atoms with Gasteiger partial charge in [0, 0.05) is 17.5 Å². The van der Waals surface area contributed by atoms with Crippen molar-refractivity contribution in [2.75, 3.05) is 7.05 Å². The van der Waals surface area contributed by atoms with Gasteiger partial charge in [-0.15, -0.1) is 0 Å². The number of aryl methyl sites for hydroxylation is 1. The molecule has 0 unspecified atom stereocenters. The molecule has 1 aromatic carbocycles. The standard InChI is InChI=1S/C11H13NO/c1-8-3-4-11-10(5-8)9(6-12-2)7-13-11/h3-5,7,12H,6H2,1-2H3. The zero-order valence-electron chi connectivity index (χ0n) is 7.92. The van der Waals surface area contributed by atoms with Gasteiger partial charge in [-0.05, 0) is 26.1 Å². The van der Waals surface area contributed by atoms with Gasteiger partial charge in [0.2, 0.25) is 0 Å². The highest BCUT2D eigenvalue weighted by Crippen LogP contribution is 2.21. The summed E-state index contributed by atoms with van der Waals surface area (Å²) in [5.41, 5.74) is 3.46. The maximum Gasteiger partial charge on any atom is 0.134 e. The summed E-state index contributed by atoms with van der Waals surface area (Å²) in [5, 5.41) is 4.34. The van der Waals surface area contributed by atoms with Crippen LogP contribution in [0.3, 0.4) is 0 Å². The van der Waals surface area contributed by atoms with Crippen LogP contribution in [0.1, 0.15) is 11.1 Å². The molecule has 2 aromatic rings. The Kier molecular flexibility index (Phi) is 2.07. The lowest BCUT2D eigenvalue weighted by Crippen LogP contribution is -2.03. The van der Waals surface area contributed by atoms with Crippen LogP contribution in [0.4, 0.5) is 0 Å². The van der Waals surface area contributed by atoms with E-state index in [1.54, 1.807) is 0 Å². The second-order valence-electron chi connectivity index (χ2n) is 3.29. The topological polar surface area (TPSA) is 25.2 Å². The number of furan rings is 1. The number of fused-ring (bicyclic) bond motifs is 1. The highest BCUT2D eigenvalue weighted by atomic mass is 16.3. The van der Waals surface area contributed by atoms with Crippen molar-refractivity contribution >= 4 is 11.0 Å². The fourth-order valence-electron chi connectivity index (χ4n) is 1.52. The fourth-order valence-corrected chi connectivity index (χ4v) is 1.52. The second-order valence-corrected chi connectivity index (χ2v) is 3.29. The van der Waals surface area contributed by atoms with E-state index in [9.17, 15) is 0 Å². The van der Waals surface area contributed by atoms with Crippen molar-refractivity contribution < 1.29 is 4.42 Å². The predicted molar refractivity (Wildman–Crippen MR) is 53.7 cm³/mol. The van der Waals surface area contributed by atoms with E-state index in [4.69, 9.17) is 4.42 Å². The van der Waals surface area contributed by atoms with Crippen LogP contribution in [0.5, 0.6) is 0 Å². The molecule has 1 heterocycles. The van der Waals surface area contributed by atoms with E-state index in [1.807, 2.05) is 19.4 Å². The molecule has 0 spiro atoms. The summed E-state index contributed by atoms with van der Waals surface area (Å²) in [6.45, 7) is 2.95. The zero-order chi connectivity index (χ0) is 9.26. The molecule has 0 aliphatic heterocycles. The monoisotopic (exact) mass is 175 g/mol. The predicted octanol–water partition coefficient (Wildman–Crippen LogP) is 2.46. The second kappa shape index (κ2) is 3.23. The summed E-state index contributed by atoms with van der Waals surface area (Å²) in [7, 11) is 1.94. The minimum atomic E-state index is 0.858. The lowest BCUT2D eigenvalue weighted by atomic mass is 10.1. The van der Waals surface area contributed by atoms with Crippen LogP contribution in [0.25, 0.3) is 11.0 Å². The summed E-state index contributed by atoms with van der Waals surface area (Å²) >= 11 is 0. The molecular formula is C11H13NO. The van der Waals surface area contributed by atoms with Gasteiger partial charge in [0.25, 0.3) is 0 Å². The van der Waals surface area contributed by atoms with Crippen molar-refractivity contribution in [3.8, 4) is 0 Å². The molecule has 0 aliphatic rings. The van der Waals surface area contributed by atoms with Crippen molar-refractivity contribution in [3.05, 3.63) is 35.6 Å². The first-order valence-electron chi connectivity index (χ1n) is 4.42. The van der Waals surface area contributed by atoms with Gasteiger partial charge in [0.15, 0.2) is 0 Å². The van der Waals surface area contributed by atoms with E-state index in [1.165, 1.54) is 16.5 Å². The maximum atomic E-state index is 5.42. The third kappa shape index (κ3) is 1.45. The molecule has 0 radical (unpaired) electrons. The molecule has 2 heteroatoms. The number of benzene rings is 1. The fraction of sp³-hybridized carbons (Fsp3) is 0.273. The van der Waals surface area contributed by atoms with E-state index in [0.29, 0.717) is 0 Å². The molecule has 2 nitrogen and oxygen atoms in total. The van der Waals surface area contributed by atoms with Crippen molar-refractivity contribution in [1.82, 2.24) is 5.32 Å². The SMILES string of the molecule is CNCc1coc2ccc(C)cc12. The number of hydrogen-bond donors (Lipinski definition) is 1. The van der Waals surface area contributed by atoms with Crippen LogP contribution in [0.2, 0.25) is 0 Å². The third-order valence-electron chi connectivity index (χ3n) is 2.18. The molecule has 1 N–H and O–H groups in total. The van der Waals surface area contributed by atoms with Crippen LogP contribution in [-0.2, 0) is 6.54 Å². The van der Waals surface area contributed by atoms with Gasteiger partial charge in [0.1, 0.15) is 5.58 Å². The van der Waals surface area contributed by atoms with Gasteiger partial charge < -0.3 is 9.73 Å². The first-order chi connectivity index (χ1) is 6.31. The molecule has 0 atom stereocenters. The summed E-state index contributed by atoms with van der Waals surface area (Å²) in [6, 6.07) is 6.24. The minimum absolute atomic E-state index is 0.858. The molecule has 0 saturated heterocycles. The van der Waals surface area contributed by atoms with E-state index in [0.717, 1.165) is 12.1 Å². The van der Waals surface area contributed by atoms with Gasteiger partial charge in [-0.3, -0.25) is 0 Å². The molecule has 68 valence electrons. The number of hydrogen-bond acceptors (Lipinski definition) is 2. The van der Waals surface area contributed by atoms with E-state index < -0.39 is 0 Å². The highest BCUT2D eigenvalue weighted by Gasteiger charge is 2.03. The summed E-state index contributed by atoms with van der Waals surface area (Å²) < 4.78 is 5.42. The summed E-state index contributed by atoms with van der Waals surface area (Å²) in [6.07, 6.45) is 1.82. The van der Waals surface area contributed by atoms with Crippen LogP contribution in [0, 0.1) is 6.92 Å². The molecule has 0 bridgehead atoms. The van der Waals surface area contributed by atoms with Gasteiger partial charge >= 0.3 is 0 Å². The quantitative estimate of drug-likeness (QED) is 0.758. The molecule has 0 saturated carbocycles. The van der Waals surface area contributed by atoms with Crippen molar-refractivity contribution in [2.24, 2.45) is 0 Å². The Morgan fingerprint density at radius 3 is 3.00 bits per heavy atom. The van der Waals surface area contributed by atoms with Gasteiger partial charge in [-0.25, -0.2) is 0 Å². The van der Waals surface area contributed by atoms with Gasteiger partial charge in [-0.2, -0.15) is 0 Å². The van der Waals surface area contributed by atoms with Crippen molar-refractivity contribution in [3.63, 3.8) is 0 Å². The molecule has 0 fully saturated rings. The summed E-state index contributed by atoms with van der Waals surface area (Å²) in [4.78, 5) is 0. The Hall–Kier alpha value is -1.28. The van der Waals surface area contributed by atoms with Crippen LogP contribution in [-0.4, -0.2) is 7.05 Å². The van der Waals surface area contributed by atoms with Crippen LogP contribution < -0.4 is 5.32 Å². The zero-order valence-corrected chi connectivity index (χ0v) is 7.92. The Bertz CT molecular complexity index is 417. The maximum absolute atomic E-state index is 5.42. The largest absolute Gasteiger partial charge is 0.464 e. The van der Waals surface area contributed by atoms with Crippen molar-refractivity contribution in [1.29, 1.82) is 0 Å². The Morgan fingerprint density at radius 2 is 2.23 bits per heavy atom. The average Bonchev–Trinajstić information content (AvgIpc) is 2.49. The lowest BCUT2D eigenvalue weighted by molar-refractivity contribution is 0.607. The average molecular weight is 175 g/mol. The molecule has 1 aromatic heterocycles. The Balaban J connectivity index is 2.58. The molecule has 2 rings (SSSR count). The van der Waals surface area contributed by atoms with E-state index in [2.05, 4.69) is 24.4 Å². The number of nitrogens with one attached hydrogen (secondary N) is 1. The van der Waals surface area contributed by atoms with E-state index in [-0.39, 0.29) is 0 Å². The van der Waals surface area contributed by atoms with Gasteiger partial charge in [0.05, 0.1) is 6.26 Å². The molecule has 0 amide bonds. The smallest absolute Gasteiger partial charge is 0.134 e. The summed E-state index contributed by atoms with van der Waals surface area (Å²) in [5.74, 6) is 0. The Labute approximate surface area is 77.6 Å². The Morgan fingerprint density at radius 1 is 1.38 bits per heavy atom. The lowest BCUT2D eigenvalue weighted by Gasteiger charge is -1.96. The molecule has 0 aliphatic carbocycles. The first-order valence-corrected chi connectivity index (χ1v) is 4.42. The normalized spacial score (nSPS) is 10.9. The highest BCUT2D eigenvalue weighted by molar-refractivity contribution is 5.81. The molecular weight excluding hydrogens is 162 g/mol.